The minimum absolute atomic E-state index is 0.0354. The summed E-state index contributed by atoms with van der Waals surface area (Å²) in [6.07, 6.45) is 3.61. The summed E-state index contributed by atoms with van der Waals surface area (Å²) < 4.78 is 1.51. The van der Waals surface area contributed by atoms with Crippen molar-refractivity contribution in [3.8, 4) is 0 Å². The Bertz CT molecular complexity index is 762. The van der Waals surface area contributed by atoms with Crippen LogP contribution in [-0.2, 0) is 16.0 Å². The second-order valence-electron chi connectivity index (χ2n) is 7.76. The van der Waals surface area contributed by atoms with Gasteiger partial charge in [0.25, 0.3) is 0 Å². The third-order valence-electron chi connectivity index (χ3n) is 5.03. The average Bonchev–Trinajstić information content (AvgIpc) is 3.25. The molecular weight excluding hydrogens is 356 g/mol. The maximum Gasteiger partial charge on any atom is 0.247 e. The predicted octanol–water partition coefficient (Wildman–Crippen LogP) is 1.47. The van der Waals surface area contributed by atoms with Crippen LogP contribution in [0.5, 0.6) is 0 Å². The summed E-state index contributed by atoms with van der Waals surface area (Å²) in [6, 6.07) is 9.31. The second-order valence-corrected chi connectivity index (χ2v) is 7.76. The molecule has 2 unspecified atom stereocenters. The van der Waals surface area contributed by atoms with E-state index in [-0.39, 0.29) is 17.7 Å². The van der Waals surface area contributed by atoms with Gasteiger partial charge >= 0.3 is 0 Å². The molecule has 1 N–H and O–H groups in total. The Kier molecular flexibility index (Phi) is 6.73. The Morgan fingerprint density at radius 2 is 2.04 bits per heavy atom. The van der Waals surface area contributed by atoms with E-state index in [1.54, 1.807) is 4.90 Å². The number of hydrogen-bond donors (Lipinski definition) is 1. The zero-order valence-electron chi connectivity index (χ0n) is 16.5. The molecule has 1 aliphatic rings. The molecule has 1 saturated heterocycles. The fourth-order valence-corrected chi connectivity index (χ4v) is 3.49. The first kappa shape index (κ1) is 20.0. The highest BCUT2D eigenvalue weighted by Gasteiger charge is 2.33. The molecule has 0 aliphatic carbocycles. The molecule has 2 aromatic rings. The zero-order chi connectivity index (χ0) is 19.9. The van der Waals surface area contributed by atoms with Crippen molar-refractivity contribution in [1.29, 1.82) is 0 Å². The van der Waals surface area contributed by atoms with Crippen LogP contribution in [0.25, 0.3) is 0 Å². The number of rotatable bonds is 7. The van der Waals surface area contributed by atoms with Crippen LogP contribution in [0, 0.1) is 11.8 Å². The van der Waals surface area contributed by atoms with E-state index in [1.807, 2.05) is 30.3 Å². The van der Waals surface area contributed by atoms with Gasteiger partial charge in [0.15, 0.2) is 0 Å². The van der Waals surface area contributed by atoms with Crippen molar-refractivity contribution < 1.29 is 9.59 Å². The smallest absolute Gasteiger partial charge is 0.247 e. The number of piperidine rings is 1. The average molecular weight is 384 g/mol. The van der Waals surface area contributed by atoms with Gasteiger partial charge in [-0.05, 0) is 34.7 Å². The molecule has 150 valence electrons. The topological polar surface area (TPSA) is 93.0 Å². The summed E-state index contributed by atoms with van der Waals surface area (Å²) in [7, 11) is 0. The number of aromatic nitrogens is 4. The maximum absolute atomic E-state index is 13.3. The monoisotopic (exact) mass is 384 g/mol. The number of carbonyl (C=O) groups excluding carboxylic acids is 2. The van der Waals surface area contributed by atoms with Crippen molar-refractivity contribution in [1.82, 2.24) is 30.4 Å². The third-order valence-corrected chi connectivity index (χ3v) is 5.03. The molecule has 0 spiro atoms. The Morgan fingerprint density at radius 1 is 1.25 bits per heavy atom. The lowest BCUT2D eigenvalue weighted by Gasteiger charge is -2.34. The molecule has 8 heteroatoms. The fourth-order valence-electron chi connectivity index (χ4n) is 3.49. The standard InChI is InChI=1S/C20H28N6O2/c1-15(2)12-21-19(27)17-9-6-10-25(13-17)20(28)18(26-14-22-23-24-26)11-16-7-4-3-5-8-16/h3-5,7-8,14-15,17-18H,6,9-13H2,1-2H3,(H,21,27). The number of nitrogens with zero attached hydrogens (tertiary/aromatic N) is 5. The van der Waals surface area contributed by atoms with Crippen molar-refractivity contribution in [3.63, 3.8) is 0 Å². The van der Waals surface area contributed by atoms with Gasteiger partial charge in [0, 0.05) is 26.1 Å². The molecule has 0 bridgehead atoms. The van der Waals surface area contributed by atoms with Gasteiger partial charge in [-0.3, -0.25) is 9.59 Å². The lowest BCUT2D eigenvalue weighted by molar-refractivity contribution is -0.139. The van der Waals surface area contributed by atoms with Crippen LogP contribution in [0.15, 0.2) is 36.7 Å². The van der Waals surface area contributed by atoms with Gasteiger partial charge in [0.1, 0.15) is 12.4 Å². The zero-order valence-corrected chi connectivity index (χ0v) is 16.5. The third kappa shape index (κ3) is 5.15. The number of amides is 2. The van der Waals surface area contributed by atoms with Gasteiger partial charge in [-0.15, -0.1) is 5.10 Å². The molecule has 2 amide bonds. The molecule has 1 fully saturated rings. The van der Waals surface area contributed by atoms with E-state index in [0.717, 1.165) is 18.4 Å². The molecule has 0 radical (unpaired) electrons. The first-order valence-electron chi connectivity index (χ1n) is 9.87. The fraction of sp³-hybridized carbons (Fsp3) is 0.550. The van der Waals surface area contributed by atoms with E-state index in [1.165, 1.54) is 11.0 Å². The Balaban J connectivity index is 1.70. The lowest BCUT2D eigenvalue weighted by atomic mass is 9.95. The summed E-state index contributed by atoms with van der Waals surface area (Å²) >= 11 is 0. The molecule has 3 rings (SSSR count). The minimum atomic E-state index is -0.519. The van der Waals surface area contributed by atoms with Gasteiger partial charge in [-0.2, -0.15) is 0 Å². The van der Waals surface area contributed by atoms with Gasteiger partial charge in [0.05, 0.1) is 5.92 Å². The molecule has 1 aromatic heterocycles. The number of benzene rings is 1. The number of carbonyl (C=O) groups is 2. The van der Waals surface area contributed by atoms with E-state index >= 15 is 0 Å². The van der Waals surface area contributed by atoms with Crippen LogP contribution in [0.1, 0.15) is 38.3 Å². The van der Waals surface area contributed by atoms with Crippen LogP contribution in [-0.4, -0.2) is 56.6 Å². The highest BCUT2D eigenvalue weighted by atomic mass is 16.2. The Hall–Kier alpha value is -2.77. The Labute approximate surface area is 165 Å². The van der Waals surface area contributed by atoms with Gasteiger partial charge in [0.2, 0.25) is 11.8 Å². The van der Waals surface area contributed by atoms with Crippen molar-refractivity contribution in [2.24, 2.45) is 11.8 Å². The molecule has 8 nitrogen and oxygen atoms in total. The van der Waals surface area contributed by atoms with E-state index in [2.05, 4.69) is 34.7 Å². The van der Waals surface area contributed by atoms with Crippen LogP contribution in [0.4, 0.5) is 0 Å². The molecular formula is C20H28N6O2. The van der Waals surface area contributed by atoms with E-state index in [9.17, 15) is 9.59 Å². The number of hydrogen-bond acceptors (Lipinski definition) is 5. The van der Waals surface area contributed by atoms with Crippen molar-refractivity contribution >= 4 is 11.8 Å². The molecule has 2 atom stereocenters. The van der Waals surface area contributed by atoms with Crippen LogP contribution in [0.3, 0.4) is 0 Å². The van der Waals surface area contributed by atoms with E-state index < -0.39 is 6.04 Å². The largest absolute Gasteiger partial charge is 0.356 e. The highest BCUT2D eigenvalue weighted by molar-refractivity contribution is 5.83. The van der Waals surface area contributed by atoms with Crippen molar-refractivity contribution in [3.05, 3.63) is 42.2 Å². The molecule has 1 aliphatic heterocycles. The van der Waals surface area contributed by atoms with E-state index in [4.69, 9.17) is 0 Å². The number of likely N-dealkylation sites (tertiary alicyclic amines) is 1. The number of nitrogens with one attached hydrogen (secondary N) is 1. The van der Waals surface area contributed by atoms with E-state index in [0.29, 0.717) is 32.0 Å². The maximum atomic E-state index is 13.3. The summed E-state index contributed by atoms with van der Waals surface area (Å²) in [6.45, 7) is 5.88. The Morgan fingerprint density at radius 3 is 2.71 bits per heavy atom. The first-order valence-corrected chi connectivity index (χ1v) is 9.87. The predicted molar refractivity (Wildman–Crippen MR) is 104 cm³/mol. The van der Waals surface area contributed by atoms with Gasteiger partial charge < -0.3 is 10.2 Å². The normalized spacial score (nSPS) is 18.1. The molecule has 0 saturated carbocycles. The summed E-state index contributed by atoms with van der Waals surface area (Å²) in [5, 5.41) is 14.3. The van der Waals surface area contributed by atoms with Crippen LogP contribution < -0.4 is 5.32 Å². The first-order chi connectivity index (χ1) is 13.5. The van der Waals surface area contributed by atoms with Crippen LogP contribution >= 0.6 is 0 Å². The number of tetrazole rings is 1. The molecule has 28 heavy (non-hydrogen) atoms. The lowest BCUT2D eigenvalue weighted by Crippen LogP contribution is -2.48. The van der Waals surface area contributed by atoms with Crippen molar-refractivity contribution in [2.45, 2.75) is 39.2 Å². The van der Waals surface area contributed by atoms with Crippen LogP contribution in [0.2, 0.25) is 0 Å². The summed E-state index contributed by atoms with van der Waals surface area (Å²) in [5.41, 5.74) is 1.04. The second kappa shape index (κ2) is 9.43. The highest BCUT2D eigenvalue weighted by Crippen LogP contribution is 2.22. The summed E-state index contributed by atoms with van der Waals surface area (Å²) in [5.74, 6) is 0.230. The van der Waals surface area contributed by atoms with Crippen molar-refractivity contribution in [2.75, 3.05) is 19.6 Å². The van der Waals surface area contributed by atoms with Gasteiger partial charge in [-0.1, -0.05) is 44.2 Å². The SMILES string of the molecule is CC(C)CNC(=O)C1CCCN(C(=O)C(Cc2ccccc2)n2cnnn2)C1. The van der Waals surface area contributed by atoms with Gasteiger partial charge in [-0.25, -0.2) is 4.68 Å². The minimum Gasteiger partial charge on any atom is -0.356 e. The molecule has 1 aromatic carbocycles. The molecule has 2 heterocycles. The summed E-state index contributed by atoms with van der Waals surface area (Å²) in [4.78, 5) is 27.6. The quantitative estimate of drug-likeness (QED) is 0.780.